The van der Waals surface area contributed by atoms with Gasteiger partial charge in [-0.15, -0.1) is 0 Å². The third kappa shape index (κ3) is 5.87. The highest BCUT2D eigenvalue weighted by Crippen LogP contribution is 2.66. The summed E-state index contributed by atoms with van der Waals surface area (Å²) in [6.07, 6.45) is 27.1. The summed E-state index contributed by atoms with van der Waals surface area (Å²) in [5.41, 5.74) is 2.59. The summed E-state index contributed by atoms with van der Waals surface area (Å²) in [4.78, 5) is 12.3. The quantitative estimate of drug-likeness (QED) is 0.156. The van der Waals surface area contributed by atoms with Crippen molar-refractivity contribution in [1.82, 2.24) is 0 Å². The Hall–Kier alpha value is -0.790. The third-order valence-electron chi connectivity index (χ3n) is 11.4. The summed E-state index contributed by atoms with van der Waals surface area (Å²) in [5.74, 6) is 3.70. The molecule has 0 aromatic rings. The Kier molecular flexibility index (Phi) is 9.47. The van der Waals surface area contributed by atoms with Gasteiger partial charge in [-0.25, -0.2) is 0 Å². The van der Waals surface area contributed by atoms with E-state index in [1.807, 2.05) is 0 Å². The van der Waals surface area contributed by atoms with E-state index < -0.39 is 0 Å². The second-order valence-electron chi connectivity index (χ2n) is 13.4. The molecule has 0 radical (unpaired) electrons. The first-order valence-electron chi connectivity index (χ1n) is 15.8. The van der Waals surface area contributed by atoms with Crippen molar-refractivity contribution in [2.75, 3.05) is 0 Å². The highest BCUT2D eigenvalue weighted by Gasteiger charge is 2.58. The molecule has 0 aromatic carbocycles. The molecular weight excluding hydrogens is 428 g/mol. The van der Waals surface area contributed by atoms with Crippen LogP contribution < -0.4 is 0 Å². The van der Waals surface area contributed by atoms with Gasteiger partial charge in [0.05, 0.1) is 0 Å². The molecule has 2 nitrogen and oxygen atoms in total. The number of hydrogen-bond donors (Lipinski definition) is 0. The van der Waals surface area contributed by atoms with Crippen LogP contribution in [0.2, 0.25) is 0 Å². The molecule has 0 amide bonds. The van der Waals surface area contributed by atoms with Crippen molar-refractivity contribution in [3.63, 3.8) is 0 Å². The Morgan fingerprint density at radius 1 is 0.886 bits per heavy atom. The smallest absolute Gasteiger partial charge is 0.306 e. The van der Waals surface area contributed by atoms with E-state index in [1.54, 1.807) is 5.57 Å². The van der Waals surface area contributed by atoms with Gasteiger partial charge in [0.1, 0.15) is 6.10 Å². The van der Waals surface area contributed by atoms with Crippen LogP contribution in [0.4, 0.5) is 0 Å². The number of esters is 1. The average molecular weight is 485 g/mol. The molecule has 0 bridgehead atoms. The minimum Gasteiger partial charge on any atom is -0.462 e. The van der Waals surface area contributed by atoms with Crippen LogP contribution in [0.1, 0.15) is 150 Å². The van der Waals surface area contributed by atoms with Gasteiger partial charge in [0.15, 0.2) is 0 Å². The molecule has 7 atom stereocenters. The number of hydrogen-bond acceptors (Lipinski definition) is 2. The molecule has 0 N–H and O–H groups in total. The summed E-state index contributed by atoms with van der Waals surface area (Å²) >= 11 is 0. The molecule has 0 saturated heterocycles. The molecule has 0 aliphatic heterocycles. The fourth-order valence-electron chi connectivity index (χ4n) is 9.25. The zero-order valence-corrected chi connectivity index (χ0v) is 23.7. The monoisotopic (exact) mass is 484 g/mol. The normalized spacial score (nSPS) is 38.3. The largest absolute Gasteiger partial charge is 0.462 e. The zero-order valence-electron chi connectivity index (χ0n) is 23.7. The van der Waals surface area contributed by atoms with Gasteiger partial charge in [0.2, 0.25) is 0 Å². The van der Waals surface area contributed by atoms with E-state index in [4.69, 9.17) is 4.74 Å². The Labute approximate surface area is 217 Å². The van der Waals surface area contributed by atoms with Crippen molar-refractivity contribution < 1.29 is 9.53 Å². The first-order valence-corrected chi connectivity index (χ1v) is 15.8. The van der Waals surface area contributed by atoms with Crippen molar-refractivity contribution in [2.24, 2.45) is 34.5 Å². The van der Waals surface area contributed by atoms with Crippen LogP contribution in [0.25, 0.3) is 0 Å². The summed E-state index contributed by atoms with van der Waals surface area (Å²) < 4.78 is 5.96. The predicted octanol–water partition coefficient (Wildman–Crippen LogP) is 9.81. The van der Waals surface area contributed by atoms with E-state index in [0.29, 0.717) is 17.3 Å². The van der Waals surface area contributed by atoms with Crippen molar-refractivity contribution in [3.8, 4) is 0 Å². The molecule has 0 spiro atoms. The lowest BCUT2D eigenvalue weighted by Crippen LogP contribution is -2.50. The first kappa shape index (κ1) is 27.3. The summed E-state index contributed by atoms with van der Waals surface area (Å²) in [7, 11) is 0. The number of fused-ring (bicyclic) bond motifs is 5. The topological polar surface area (TPSA) is 26.3 Å². The Morgan fingerprint density at radius 2 is 1.63 bits per heavy atom. The van der Waals surface area contributed by atoms with Gasteiger partial charge in [0.25, 0.3) is 0 Å². The Bertz CT molecular complexity index is 725. The first-order chi connectivity index (χ1) is 16.9. The molecule has 35 heavy (non-hydrogen) atoms. The van der Waals surface area contributed by atoms with E-state index in [-0.39, 0.29) is 12.1 Å². The van der Waals surface area contributed by atoms with Crippen LogP contribution >= 0.6 is 0 Å². The molecule has 3 saturated carbocycles. The van der Waals surface area contributed by atoms with E-state index >= 15 is 0 Å². The van der Waals surface area contributed by atoms with Gasteiger partial charge in [-0.3, -0.25) is 4.79 Å². The molecule has 2 heteroatoms. The van der Waals surface area contributed by atoms with Gasteiger partial charge in [0, 0.05) is 12.8 Å². The molecule has 0 aromatic heterocycles. The Morgan fingerprint density at radius 3 is 2.43 bits per heavy atom. The second-order valence-corrected chi connectivity index (χ2v) is 13.4. The summed E-state index contributed by atoms with van der Waals surface area (Å²) in [5, 5.41) is 0. The van der Waals surface area contributed by atoms with Crippen molar-refractivity contribution in [2.45, 2.75) is 156 Å². The van der Waals surface area contributed by atoms with Crippen molar-refractivity contribution >= 4 is 5.97 Å². The minimum atomic E-state index is 0.0390. The maximum atomic E-state index is 12.3. The third-order valence-corrected chi connectivity index (χ3v) is 11.4. The molecule has 4 aliphatic carbocycles. The second kappa shape index (κ2) is 12.2. The van der Waals surface area contributed by atoms with E-state index in [0.717, 1.165) is 55.8 Å². The van der Waals surface area contributed by atoms with Gasteiger partial charge in [-0.1, -0.05) is 90.7 Å². The number of carbonyl (C=O) groups is 1. The maximum Gasteiger partial charge on any atom is 0.306 e. The molecule has 200 valence electrons. The highest BCUT2D eigenvalue weighted by molar-refractivity contribution is 5.69. The molecule has 4 aliphatic rings. The van der Waals surface area contributed by atoms with Crippen LogP contribution in [-0.4, -0.2) is 12.1 Å². The molecule has 4 rings (SSSR count). The number of rotatable bonds is 12. The fraction of sp³-hybridized carbons (Fsp3) is 0.909. The Balaban J connectivity index is 1.33. The van der Waals surface area contributed by atoms with E-state index in [1.165, 1.54) is 83.5 Å². The van der Waals surface area contributed by atoms with E-state index in [9.17, 15) is 4.79 Å². The van der Waals surface area contributed by atoms with Crippen LogP contribution in [0.5, 0.6) is 0 Å². The summed E-state index contributed by atoms with van der Waals surface area (Å²) in [6, 6.07) is 0. The van der Waals surface area contributed by atoms with Gasteiger partial charge >= 0.3 is 5.97 Å². The van der Waals surface area contributed by atoms with Crippen LogP contribution in [0.3, 0.4) is 0 Å². The minimum absolute atomic E-state index is 0.0390. The molecule has 3 fully saturated rings. The number of ether oxygens (including phenoxy) is 1. The van der Waals surface area contributed by atoms with Gasteiger partial charge in [-0.05, 0) is 92.3 Å². The standard InChI is InChI=1S/C33H56O2/c1-5-7-9-10-11-13-14-25-17-19-29-28-18-16-26-24-27(35-31(34)15-12-8-6-2)20-22-33(26,4)30(28)21-23-32(25,29)3/h16,25,27-30H,5-15,17-24H2,1-4H3/t25-,27-,28-,29-,30-,32+,33-/m0/s1. The lowest BCUT2D eigenvalue weighted by molar-refractivity contribution is -0.151. The van der Waals surface area contributed by atoms with Crippen molar-refractivity contribution in [3.05, 3.63) is 11.6 Å². The highest BCUT2D eigenvalue weighted by atomic mass is 16.5. The number of carbonyl (C=O) groups excluding carboxylic acids is 1. The lowest BCUT2D eigenvalue weighted by atomic mass is 9.47. The van der Waals surface area contributed by atoms with E-state index in [2.05, 4.69) is 33.8 Å². The maximum absolute atomic E-state index is 12.3. The van der Waals surface area contributed by atoms with Crippen LogP contribution in [0, 0.1) is 34.5 Å². The molecule has 0 unspecified atom stereocenters. The van der Waals surface area contributed by atoms with Crippen molar-refractivity contribution in [1.29, 1.82) is 0 Å². The predicted molar refractivity (Wildman–Crippen MR) is 147 cm³/mol. The number of unbranched alkanes of at least 4 members (excludes halogenated alkanes) is 7. The SMILES string of the molecule is CCCCCCCC[C@H]1CC[C@H]2[C@@H]3CC=C4C[C@@H](OC(=O)CCCCC)CC[C@]4(C)[C@H]3CC[C@]12C. The molecular formula is C33H56O2. The average Bonchev–Trinajstić information content (AvgIpc) is 3.18. The van der Waals surface area contributed by atoms with Gasteiger partial charge < -0.3 is 4.74 Å². The van der Waals surface area contributed by atoms with Crippen LogP contribution in [-0.2, 0) is 9.53 Å². The van der Waals surface area contributed by atoms with Crippen LogP contribution in [0.15, 0.2) is 11.6 Å². The number of allylic oxidation sites excluding steroid dienone is 1. The zero-order chi connectivity index (χ0) is 24.9. The lowest BCUT2D eigenvalue weighted by Gasteiger charge is -2.58. The molecule has 0 heterocycles. The fourth-order valence-corrected chi connectivity index (χ4v) is 9.25. The van der Waals surface area contributed by atoms with Gasteiger partial charge in [-0.2, -0.15) is 0 Å². The summed E-state index contributed by atoms with van der Waals surface area (Å²) in [6.45, 7) is 9.78.